The second-order valence-electron chi connectivity index (χ2n) is 0.408. The molecule has 3 heteroatoms. The van der Waals surface area contributed by atoms with E-state index in [2.05, 4.69) is 11.5 Å². The molecular weight excluding hydrogens is 121 g/mol. The predicted octanol–water partition coefficient (Wildman–Crippen LogP) is -1.29. The zero-order valence-corrected chi connectivity index (χ0v) is 6.25. The molecule has 0 radical (unpaired) electrons. The Bertz CT molecular complexity index is 15.1. The van der Waals surface area contributed by atoms with Crippen LogP contribution in [0, 0.1) is 0 Å². The van der Waals surface area contributed by atoms with Crippen LogP contribution in [0.5, 0.6) is 0 Å². The summed E-state index contributed by atoms with van der Waals surface area (Å²) < 4.78 is 2.12. The van der Waals surface area contributed by atoms with Gasteiger partial charge in [-0.25, -0.2) is 0 Å². The Morgan fingerprint density at radius 1 is 1.40 bits per heavy atom. The van der Waals surface area contributed by atoms with E-state index in [1.165, 1.54) is 17.9 Å². The first kappa shape index (κ1) is 18.1. The topological polar surface area (TPSA) is 63.0 Å². The first-order valence-electron chi connectivity index (χ1n) is 0.986. The van der Waals surface area contributed by atoms with Crippen LogP contribution >= 0.6 is 0 Å². The fourth-order valence-corrected chi connectivity index (χ4v) is 0. The predicted molar refractivity (Wildman–Crippen MR) is 19.0 cm³/mol. The maximum atomic E-state index is 2.12. The Morgan fingerprint density at radius 2 is 1.40 bits per heavy atom. The van der Waals surface area contributed by atoms with Crippen molar-refractivity contribution in [2.24, 2.45) is 0 Å². The van der Waals surface area contributed by atoms with Crippen molar-refractivity contribution >= 4 is 4.61 Å². The molecule has 30 valence electrons. The van der Waals surface area contributed by atoms with Crippen LogP contribution in [-0.4, -0.2) is 15.6 Å². The molecule has 0 spiro atoms. The molecule has 0 aliphatic heterocycles. The summed E-state index contributed by atoms with van der Waals surface area (Å²) in [4.78, 5) is 0. The normalized spacial score (nSPS) is 3.00. The van der Waals surface area contributed by atoms with Crippen molar-refractivity contribution in [3.63, 3.8) is 0 Å². The number of hydrogen-bond donors (Lipinski definition) is 0. The van der Waals surface area contributed by atoms with Crippen LogP contribution in [0.4, 0.5) is 0 Å². The van der Waals surface area contributed by atoms with Gasteiger partial charge in [-0.3, -0.25) is 0 Å². The molecule has 0 amide bonds. The zero-order chi connectivity index (χ0) is 2.71. The van der Waals surface area contributed by atoms with Gasteiger partial charge in [-0.15, -0.1) is 0 Å². The van der Waals surface area contributed by atoms with Crippen LogP contribution in [0.25, 0.3) is 0 Å². The number of rotatable bonds is 0. The Labute approximate surface area is 41.0 Å². The van der Waals surface area contributed by atoms with Gasteiger partial charge >= 0.3 is 29.4 Å². The minimum atomic E-state index is 0. The summed E-state index contributed by atoms with van der Waals surface area (Å²) in [6.07, 6.45) is 0. The van der Waals surface area contributed by atoms with Crippen molar-refractivity contribution in [2.45, 2.75) is 6.92 Å². The maximum Gasteiger partial charge on any atom is -0.412 e. The van der Waals surface area contributed by atoms with Crippen LogP contribution in [-0.2, 0) is 17.9 Å². The largest absolute Gasteiger partial charge is 0.412 e. The standard InChI is InChI=1S/C2H4.2H2O.Zn/c1-2;;;/h1H,2H3;2*1H2;. The summed E-state index contributed by atoms with van der Waals surface area (Å²) in [5.41, 5.74) is 0. The molecule has 0 bridgehead atoms. The molecule has 2 nitrogen and oxygen atoms in total. The van der Waals surface area contributed by atoms with E-state index in [0.29, 0.717) is 0 Å². The van der Waals surface area contributed by atoms with Gasteiger partial charge < -0.3 is 11.0 Å². The summed E-state index contributed by atoms with van der Waals surface area (Å²) in [5, 5.41) is 0. The van der Waals surface area contributed by atoms with Gasteiger partial charge in [-0.1, -0.05) is 0 Å². The third-order valence-electron chi connectivity index (χ3n) is 0. The van der Waals surface area contributed by atoms with Crippen LogP contribution in [0.3, 0.4) is 0 Å². The van der Waals surface area contributed by atoms with Gasteiger partial charge in [0.05, 0.1) is 0 Å². The summed E-state index contributed by atoms with van der Waals surface area (Å²) in [7, 11) is 0. The molecule has 0 aromatic carbocycles. The molecule has 0 atom stereocenters. The summed E-state index contributed by atoms with van der Waals surface area (Å²) in [5.74, 6) is 0. The van der Waals surface area contributed by atoms with Crippen LogP contribution in [0.15, 0.2) is 0 Å². The smallest absolute Gasteiger partial charge is 0.412 e. The average Bonchev–Trinajstić information content (AvgIpc) is 0.918. The molecular formula is C2H8O2Zn. The number of hydrogen-bond acceptors (Lipinski definition) is 0. The second kappa shape index (κ2) is 25.7. The van der Waals surface area contributed by atoms with Crippen molar-refractivity contribution in [1.29, 1.82) is 0 Å². The first-order valence-corrected chi connectivity index (χ1v) is 2.70. The van der Waals surface area contributed by atoms with E-state index in [1.54, 1.807) is 0 Å². The minimum Gasteiger partial charge on any atom is -0.412 e. The zero-order valence-electron chi connectivity index (χ0n) is 3.28. The Hall–Kier alpha value is 0.413. The van der Waals surface area contributed by atoms with E-state index >= 15 is 0 Å². The van der Waals surface area contributed by atoms with Crippen molar-refractivity contribution in [3.05, 3.63) is 0 Å². The molecule has 0 fully saturated rings. The Balaban J connectivity index is -0.0000000200. The summed E-state index contributed by atoms with van der Waals surface area (Å²) in [6.45, 7) is 2.06. The van der Waals surface area contributed by atoms with Crippen molar-refractivity contribution in [3.8, 4) is 0 Å². The molecule has 0 aromatic heterocycles. The first-order chi connectivity index (χ1) is 1.41. The van der Waals surface area contributed by atoms with Crippen molar-refractivity contribution < 1.29 is 28.8 Å². The van der Waals surface area contributed by atoms with Crippen LogP contribution in [0.2, 0.25) is 0 Å². The van der Waals surface area contributed by atoms with Crippen LogP contribution < -0.4 is 0 Å². The molecule has 0 aromatic rings. The van der Waals surface area contributed by atoms with Crippen molar-refractivity contribution in [2.75, 3.05) is 0 Å². The van der Waals surface area contributed by atoms with Gasteiger partial charge in [-0.05, 0) is 0 Å². The van der Waals surface area contributed by atoms with E-state index in [1.807, 2.05) is 0 Å². The van der Waals surface area contributed by atoms with Gasteiger partial charge in [0, 0.05) is 0 Å². The van der Waals surface area contributed by atoms with Gasteiger partial charge in [0.1, 0.15) is 0 Å². The van der Waals surface area contributed by atoms with Crippen LogP contribution in [0.1, 0.15) is 6.92 Å². The molecule has 0 saturated carbocycles. The van der Waals surface area contributed by atoms with Crippen molar-refractivity contribution in [1.82, 2.24) is 0 Å². The monoisotopic (exact) mass is 128 g/mol. The fraction of sp³-hybridized carbons (Fsp3) is 0.500. The van der Waals surface area contributed by atoms with Gasteiger partial charge in [0.15, 0.2) is 0 Å². The summed E-state index contributed by atoms with van der Waals surface area (Å²) in [6, 6.07) is 0. The maximum absolute atomic E-state index is 2.12. The Kier molecular flexibility index (Phi) is 93.2. The fourth-order valence-electron chi connectivity index (χ4n) is 0. The quantitative estimate of drug-likeness (QED) is 0.365. The van der Waals surface area contributed by atoms with Gasteiger partial charge in [-0.2, -0.15) is 0 Å². The van der Waals surface area contributed by atoms with E-state index in [0.717, 1.165) is 0 Å². The van der Waals surface area contributed by atoms with Gasteiger partial charge in [0.25, 0.3) is 0 Å². The molecule has 0 aliphatic rings. The molecule has 0 saturated heterocycles. The van der Waals surface area contributed by atoms with E-state index in [-0.39, 0.29) is 11.0 Å². The molecule has 5 heavy (non-hydrogen) atoms. The summed E-state index contributed by atoms with van der Waals surface area (Å²) >= 11 is 1.32. The second-order valence-corrected chi connectivity index (χ2v) is 2.12. The molecule has 0 rings (SSSR count). The molecule has 0 heterocycles. The third-order valence-corrected chi connectivity index (χ3v) is 0. The van der Waals surface area contributed by atoms with Gasteiger partial charge in [0.2, 0.25) is 0 Å². The Morgan fingerprint density at radius 3 is 1.40 bits per heavy atom. The van der Waals surface area contributed by atoms with E-state index in [4.69, 9.17) is 0 Å². The average molecular weight is 129 g/mol. The third kappa shape index (κ3) is 150. The molecule has 0 aliphatic carbocycles. The van der Waals surface area contributed by atoms with E-state index < -0.39 is 0 Å². The molecule has 4 N–H and O–H groups in total. The van der Waals surface area contributed by atoms with E-state index in [9.17, 15) is 0 Å². The SMILES string of the molecule is C[CH]=[Zn].O.O. The molecule has 0 unspecified atom stereocenters. The minimum absolute atomic E-state index is 0.